The molecule has 0 saturated carbocycles. The van der Waals surface area contributed by atoms with E-state index in [4.69, 9.17) is 5.84 Å². The molecule has 2 aliphatic rings. The van der Waals surface area contributed by atoms with Gasteiger partial charge in [0.15, 0.2) is 5.84 Å². The van der Waals surface area contributed by atoms with Crippen molar-refractivity contribution < 1.29 is 4.79 Å². The SMILES string of the molecule is NNC(=O)C1=CN=C2N=NC=C2C1. The van der Waals surface area contributed by atoms with Crippen molar-refractivity contribution in [3.8, 4) is 0 Å². The minimum atomic E-state index is -0.324. The summed E-state index contributed by atoms with van der Waals surface area (Å²) in [4.78, 5) is 15.0. The number of hydrogen-bond acceptors (Lipinski definition) is 5. The van der Waals surface area contributed by atoms with E-state index in [2.05, 4.69) is 15.2 Å². The number of amides is 1. The summed E-state index contributed by atoms with van der Waals surface area (Å²) in [6.45, 7) is 0. The standard InChI is InChI=1S/C7H7N5O/c8-11-7(13)5-1-4-3-10-12-6(4)9-2-5/h2-3H,1,8H2,(H,11,13). The number of nitrogens with two attached hydrogens (primary N) is 1. The maximum Gasteiger partial charge on any atom is 0.262 e. The third kappa shape index (κ3) is 1.27. The van der Waals surface area contributed by atoms with Crippen molar-refractivity contribution >= 4 is 11.7 Å². The van der Waals surface area contributed by atoms with E-state index in [0.29, 0.717) is 17.8 Å². The second-order valence-electron chi connectivity index (χ2n) is 2.63. The smallest absolute Gasteiger partial charge is 0.262 e. The van der Waals surface area contributed by atoms with Gasteiger partial charge < -0.3 is 0 Å². The van der Waals surface area contributed by atoms with Gasteiger partial charge in [0, 0.05) is 23.8 Å². The molecule has 3 N–H and O–H groups in total. The third-order valence-electron chi connectivity index (χ3n) is 1.80. The van der Waals surface area contributed by atoms with Crippen LogP contribution in [-0.2, 0) is 4.79 Å². The number of rotatable bonds is 1. The molecular formula is C7H7N5O. The van der Waals surface area contributed by atoms with E-state index < -0.39 is 0 Å². The summed E-state index contributed by atoms with van der Waals surface area (Å²) in [5.74, 6) is 5.24. The van der Waals surface area contributed by atoms with Crippen LogP contribution in [0.5, 0.6) is 0 Å². The molecule has 66 valence electrons. The van der Waals surface area contributed by atoms with E-state index in [-0.39, 0.29) is 5.91 Å². The fourth-order valence-corrected chi connectivity index (χ4v) is 1.13. The molecule has 13 heavy (non-hydrogen) atoms. The Morgan fingerprint density at radius 1 is 1.54 bits per heavy atom. The highest BCUT2D eigenvalue weighted by Gasteiger charge is 2.20. The van der Waals surface area contributed by atoms with Gasteiger partial charge in [0.2, 0.25) is 0 Å². The average Bonchev–Trinajstić information content (AvgIpc) is 2.63. The van der Waals surface area contributed by atoms with Gasteiger partial charge in [0.05, 0.1) is 6.20 Å². The summed E-state index contributed by atoms with van der Waals surface area (Å²) in [5.41, 5.74) is 3.42. The van der Waals surface area contributed by atoms with E-state index in [1.165, 1.54) is 6.20 Å². The predicted molar refractivity (Wildman–Crippen MR) is 45.4 cm³/mol. The lowest BCUT2D eigenvalue weighted by molar-refractivity contribution is -0.117. The van der Waals surface area contributed by atoms with Gasteiger partial charge in [0.1, 0.15) is 0 Å². The van der Waals surface area contributed by atoms with Crippen LogP contribution < -0.4 is 11.3 Å². The molecule has 0 aromatic carbocycles. The summed E-state index contributed by atoms with van der Waals surface area (Å²) in [6, 6.07) is 0. The zero-order chi connectivity index (χ0) is 9.26. The van der Waals surface area contributed by atoms with Crippen LogP contribution >= 0.6 is 0 Å². The number of amidine groups is 1. The number of azo groups is 1. The Bertz CT molecular complexity index is 376. The Labute approximate surface area is 73.9 Å². The van der Waals surface area contributed by atoms with Crippen molar-refractivity contribution in [1.29, 1.82) is 0 Å². The maximum atomic E-state index is 11.1. The number of aliphatic imine (C=N–C) groups is 1. The molecule has 0 fully saturated rings. The Balaban J connectivity index is 2.25. The number of carbonyl (C=O) groups excluding carboxylic acids is 1. The van der Waals surface area contributed by atoms with Crippen molar-refractivity contribution in [2.75, 3.05) is 0 Å². The number of fused-ring (bicyclic) bond motifs is 1. The molecule has 6 heteroatoms. The van der Waals surface area contributed by atoms with Crippen molar-refractivity contribution in [3.05, 3.63) is 23.5 Å². The zero-order valence-corrected chi connectivity index (χ0v) is 6.69. The first-order chi connectivity index (χ1) is 6.31. The highest BCUT2D eigenvalue weighted by molar-refractivity contribution is 6.05. The monoisotopic (exact) mass is 177 g/mol. The van der Waals surface area contributed by atoms with Gasteiger partial charge in [-0.3, -0.25) is 10.2 Å². The molecule has 2 heterocycles. The lowest BCUT2D eigenvalue weighted by atomic mass is 10.0. The van der Waals surface area contributed by atoms with Gasteiger partial charge in [-0.15, -0.1) is 5.11 Å². The Hall–Kier alpha value is -1.82. The van der Waals surface area contributed by atoms with E-state index >= 15 is 0 Å². The van der Waals surface area contributed by atoms with Crippen LogP contribution in [0.15, 0.2) is 38.8 Å². The Kier molecular flexibility index (Phi) is 1.75. The normalized spacial score (nSPS) is 18.7. The third-order valence-corrected chi connectivity index (χ3v) is 1.80. The highest BCUT2D eigenvalue weighted by Crippen LogP contribution is 2.22. The van der Waals surface area contributed by atoms with Crippen molar-refractivity contribution in [2.24, 2.45) is 21.1 Å². The zero-order valence-electron chi connectivity index (χ0n) is 6.69. The summed E-state index contributed by atoms with van der Waals surface area (Å²) < 4.78 is 0. The molecule has 2 aliphatic heterocycles. The number of carbonyl (C=O) groups is 1. The minimum absolute atomic E-state index is 0.324. The summed E-state index contributed by atoms with van der Waals surface area (Å²) in [7, 11) is 0. The molecular weight excluding hydrogens is 170 g/mol. The number of nitrogens with one attached hydrogen (secondary N) is 1. The van der Waals surface area contributed by atoms with Crippen LogP contribution in [0, 0.1) is 0 Å². The van der Waals surface area contributed by atoms with Gasteiger partial charge in [-0.1, -0.05) is 0 Å². The van der Waals surface area contributed by atoms with Crippen LogP contribution in [0.3, 0.4) is 0 Å². The highest BCUT2D eigenvalue weighted by atomic mass is 16.2. The molecule has 0 atom stereocenters. The van der Waals surface area contributed by atoms with Crippen molar-refractivity contribution in [3.63, 3.8) is 0 Å². The van der Waals surface area contributed by atoms with Crippen LogP contribution in [0.4, 0.5) is 0 Å². The minimum Gasteiger partial charge on any atom is -0.290 e. The van der Waals surface area contributed by atoms with Crippen LogP contribution in [0.2, 0.25) is 0 Å². The molecule has 0 spiro atoms. The molecule has 1 amide bonds. The summed E-state index contributed by atoms with van der Waals surface area (Å²) >= 11 is 0. The van der Waals surface area contributed by atoms with Crippen LogP contribution in [-0.4, -0.2) is 11.7 Å². The first-order valence-electron chi connectivity index (χ1n) is 3.69. The lowest BCUT2D eigenvalue weighted by Crippen LogP contribution is -2.32. The number of nitrogens with zero attached hydrogens (tertiary/aromatic N) is 3. The fraction of sp³-hybridized carbons (Fsp3) is 0.143. The van der Waals surface area contributed by atoms with Gasteiger partial charge in [-0.25, -0.2) is 10.8 Å². The van der Waals surface area contributed by atoms with Gasteiger partial charge >= 0.3 is 0 Å². The van der Waals surface area contributed by atoms with Crippen molar-refractivity contribution in [2.45, 2.75) is 6.42 Å². The molecule has 0 aromatic heterocycles. The average molecular weight is 177 g/mol. The van der Waals surface area contributed by atoms with Gasteiger partial charge in [-0.05, 0) is 0 Å². The summed E-state index contributed by atoms with van der Waals surface area (Å²) in [5, 5.41) is 7.44. The predicted octanol–water partition coefficient (Wildman–Crippen LogP) is 0.0121. The molecule has 0 aliphatic carbocycles. The maximum absolute atomic E-state index is 11.1. The number of hydrazine groups is 1. The largest absolute Gasteiger partial charge is 0.290 e. The molecule has 0 unspecified atom stereocenters. The topological polar surface area (TPSA) is 92.2 Å². The van der Waals surface area contributed by atoms with Crippen LogP contribution in [0.25, 0.3) is 0 Å². The second-order valence-corrected chi connectivity index (χ2v) is 2.63. The molecule has 2 rings (SSSR count). The van der Waals surface area contributed by atoms with Crippen molar-refractivity contribution in [1.82, 2.24) is 5.43 Å². The van der Waals surface area contributed by atoms with Gasteiger partial charge in [-0.2, -0.15) is 5.11 Å². The fourth-order valence-electron chi connectivity index (χ4n) is 1.13. The van der Waals surface area contributed by atoms with Crippen LogP contribution in [0.1, 0.15) is 6.42 Å². The first kappa shape index (κ1) is 7.81. The van der Waals surface area contributed by atoms with E-state index in [1.54, 1.807) is 6.20 Å². The Morgan fingerprint density at radius 2 is 2.38 bits per heavy atom. The quantitative estimate of drug-likeness (QED) is 0.335. The Morgan fingerprint density at radius 3 is 3.15 bits per heavy atom. The second kappa shape index (κ2) is 2.91. The molecule has 6 nitrogen and oxygen atoms in total. The molecule has 0 aromatic rings. The first-order valence-corrected chi connectivity index (χ1v) is 3.69. The molecule has 0 bridgehead atoms. The van der Waals surface area contributed by atoms with Gasteiger partial charge in [0.25, 0.3) is 5.91 Å². The summed E-state index contributed by atoms with van der Waals surface area (Å²) in [6.07, 6.45) is 3.53. The van der Waals surface area contributed by atoms with E-state index in [9.17, 15) is 4.79 Å². The molecule has 0 saturated heterocycles. The lowest BCUT2D eigenvalue weighted by Gasteiger charge is -2.08. The van der Waals surface area contributed by atoms with E-state index in [0.717, 1.165) is 5.57 Å². The molecule has 0 radical (unpaired) electrons. The number of hydrogen-bond donors (Lipinski definition) is 2. The van der Waals surface area contributed by atoms with E-state index in [1.807, 2.05) is 5.43 Å².